The summed E-state index contributed by atoms with van der Waals surface area (Å²) in [5.41, 5.74) is 1.25. The summed E-state index contributed by atoms with van der Waals surface area (Å²) in [6.07, 6.45) is 3.95. The van der Waals surface area contributed by atoms with E-state index in [0.29, 0.717) is 19.2 Å². The van der Waals surface area contributed by atoms with Crippen LogP contribution in [0.4, 0.5) is 0 Å². The number of nitrogens with one attached hydrogen (secondary N) is 1. The van der Waals surface area contributed by atoms with E-state index in [-0.39, 0.29) is 0 Å². The van der Waals surface area contributed by atoms with E-state index in [0.717, 1.165) is 25.0 Å². The highest BCUT2D eigenvalue weighted by Crippen LogP contribution is 2.13. The highest BCUT2D eigenvalue weighted by Gasteiger charge is 2.09. The number of hydrogen-bond acceptors (Lipinski definition) is 3. The Hall–Kier alpha value is -1.06. The van der Waals surface area contributed by atoms with Crippen molar-refractivity contribution in [3.8, 4) is 5.75 Å². The van der Waals surface area contributed by atoms with Crippen LogP contribution in [0.1, 0.15) is 45.6 Å². The Balaban J connectivity index is 2.29. The molecule has 1 rings (SSSR count). The number of ether oxygens (including phenoxy) is 1. The Kier molecular flexibility index (Phi) is 8.31. The fraction of sp³-hybridized carbons (Fsp3) is 0.647. The molecule has 1 aromatic rings. The number of aliphatic hydroxyl groups excluding tert-OH is 1. The molecule has 3 heteroatoms. The Morgan fingerprint density at radius 2 is 2.05 bits per heavy atom. The second-order valence-corrected chi connectivity index (χ2v) is 5.27. The Bertz CT molecular complexity index is 368. The highest BCUT2D eigenvalue weighted by atomic mass is 16.5. The summed E-state index contributed by atoms with van der Waals surface area (Å²) in [4.78, 5) is 0. The van der Waals surface area contributed by atoms with Gasteiger partial charge in [0.15, 0.2) is 0 Å². The first kappa shape index (κ1) is 17.0. The monoisotopic (exact) mass is 279 g/mol. The van der Waals surface area contributed by atoms with Crippen molar-refractivity contribution in [2.45, 2.75) is 58.6 Å². The molecule has 3 nitrogen and oxygen atoms in total. The molecule has 0 radical (unpaired) electrons. The van der Waals surface area contributed by atoms with Crippen LogP contribution in [0.25, 0.3) is 0 Å². The molecule has 0 saturated carbocycles. The van der Waals surface area contributed by atoms with Gasteiger partial charge in [0, 0.05) is 12.6 Å². The van der Waals surface area contributed by atoms with Gasteiger partial charge in [0.1, 0.15) is 18.5 Å². The summed E-state index contributed by atoms with van der Waals surface area (Å²) in [6.45, 7) is 7.41. The Morgan fingerprint density at radius 3 is 2.70 bits per heavy atom. The quantitative estimate of drug-likeness (QED) is 0.691. The summed E-state index contributed by atoms with van der Waals surface area (Å²) in [6, 6.07) is 8.55. The Labute approximate surface area is 123 Å². The molecule has 0 aliphatic carbocycles. The van der Waals surface area contributed by atoms with Gasteiger partial charge in [0.05, 0.1) is 0 Å². The number of hydrogen-bond donors (Lipinski definition) is 2. The zero-order valence-corrected chi connectivity index (χ0v) is 13.1. The van der Waals surface area contributed by atoms with Gasteiger partial charge in [-0.05, 0) is 37.0 Å². The largest absolute Gasteiger partial charge is 0.491 e. The van der Waals surface area contributed by atoms with E-state index in [1.54, 1.807) is 0 Å². The standard InChI is InChI=1S/C17H29NO2/c1-4-8-15(6-3)18-12-16(19)13-20-17-10-7-9-14(5-2)11-17/h7,9-11,15-16,18-19H,4-6,8,12-13H2,1-3H3. The minimum atomic E-state index is -0.466. The fourth-order valence-corrected chi connectivity index (χ4v) is 2.21. The molecule has 114 valence electrons. The molecule has 2 unspecified atom stereocenters. The first-order chi connectivity index (χ1) is 9.69. The van der Waals surface area contributed by atoms with Gasteiger partial charge in [-0.25, -0.2) is 0 Å². The fourth-order valence-electron chi connectivity index (χ4n) is 2.21. The van der Waals surface area contributed by atoms with E-state index in [9.17, 15) is 5.11 Å². The lowest BCUT2D eigenvalue weighted by Crippen LogP contribution is -2.37. The third kappa shape index (κ3) is 6.40. The first-order valence-corrected chi connectivity index (χ1v) is 7.82. The molecule has 0 spiro atoms. The summed E-state index contributed by atoms with van der Waals surface area (Å²) >= 11 is 0. The van der Waals surface area contributed by atoms with E-state index in [1.165, 1.54) is 12.0 Å². The number of benzene rings is 1. The van der Waals surface area contributed by atoms with Crippen molar-refractivity contribution in [3.05, 3.63) is 29.8 Å². The molecule has 0 aliphatic heterocycles. The van der Waals surface area contributed by atoms with Gasteiger partial charge in [-0.15, -0.1) is 0 Å². The zero-order chi connectivity index (χ0) is 14.8. The average Bonchev–Trinajstić information content (AvgIpc) is 2.49. The van der Waals surface area contributed by atoms with Gasteiger partial charge >= 0.3 is 0 Å². The molecule has 0 saturated heterocycles. The van der Waals surface area contributed by atoms with E-state index in [1.807, 2.05) is 18.2 Å². The van der Waals surface area contributed by atoms with Gasteiger partial charge < -0.3 is 15.2 Å². The molecular formula is C17H29NO2. The maximum absolute atomic E-state index is 9.96. The van der Waals surface area contributed by atoms with E-state index in [4.69, 9.17) is 4.74 Å². The van der Waals surface area contributed by atoms with Gasteiger partial charge in [-0.1, -0.05) is 39.3 Å². The zero-order valence-electron chi connectivity index (χ0n) is 13.1. The van der Waals surface area contributed by atoms with Gasteiger partial charge in [0.25, 0.3) is 0 Å². The maximum atomic E-state index is 9.96. The van der Waals surface area contributed by atoms with Crippen LogP contribution >= 0.6 is 0 Å². The summed E-state index contributed by atoms with van der Waals surface area (Å²) < 4.78 is 5.65. The number of rotatable bonds is 10. The van der Waals surface area contributed by atoms with E-state index < -0.39 is 6.10 Å². The lowest BCUT2D eigenvalue weighted by atomic mass is 10.1. The lowest BCUT2D eigenvalue weighted by molar-refractivity contribution is 0.103. The first-order valence-electron chi connectivity index (χ1n) is 7.82. The van der Waals surface area contributed by atoms with Crippen LogP contribution in [-0.2, 0) is 6.42 Å². The topological polar surface area (TPSA) is 41.5 Å². The molecule has 0 bridgehead atoms. The van der Waals surface area contributed by atoms with Crippen LogP contribution in [0, 0.1) is 0 Å². The van der Waals surface area contributed by atoms with Crippen molar-refractivity contribution < 1.29 is 9.84 Å². The summed E-state index contributed by atoms with van der Waals surface area (Å²) in [5.74, 6) is 0.837. The van der Waals surface area contributed by atoms with Crippen molar-refractivity contribution in [1.29, 1.82) is 0 Å². The third-order valence-electron chi connectivity index (χ3n) is 3.52. The molecule has 2 atom stereocenters. The second-order valence-electron chi connectivity index (χ2n) is 5.27. The van der Waals surface area contributed by atoms with Crippen LogP contribution < -0.4 is 10.1 Å². The molecule has 20 heavy (non-hydrogen) atoms. The van der Waals surface area contributed by atoms with Crippen molar-refractivity contribution >= 4 is 0 Å². The van der Waals surface area contributed by atoms with Gasteiger partial charge in [-0.3, -0.25) is 0 Å². The van der Waals surface area contributed by atoms with Crippen molar-refractivity contribution in [2.24, 2.45) is 0 Å². The SMILES string of the molecule is CCCC(CC)NCC(O)COc1cccc(CC)c1. The van der Waals surface area contributed by atoms with Crippen LogP contribution in [-0.4, -0.2) is 30.4 Å². The molecule has 2 N–H and O–H groups in total. The minimum Gasteiger partial charge on any atom is -0.491 e. The van der Waals surface area contributed by atoms with Crippen molar-refractivity contribution in [2.75, 3.05) is 13.2 Å². The molecular weight excluding hydrogens is 250 g/mol. The van der Waals surface area contributed by atoms with Crippen molar-refractivity contribution in [1.82, 2.24) is 5.32 Å². The maximum Gasteiger partial charge on any atom is 0.119 e. The molecule has 0 fully saturated rings. The predicted molar refractivity (Wildman–Crippen MR) is 84.3 cm³/mol. The molecule has 1 aromatic carbocycles. The second kappa shape index (κ2) is 9.78. The van der Waals surface area contributed by atoms with Gasteiger partial charge in [-0.2, -0.15) is 0 Å². The van der Waals surface area contributed by atoms with E-state index in [2.05, 4.69) is 32.2 Å². The van der Waals surface area contributed by atoms with Crippen LogP contribution in [0.3, 0.4) is 0 Å². The highest BCUT2D eigenvalue weighted by molar-refractivity contribution is 5.28. The summed E-state index contributed by atoms with van der Waals surface area (Å²) in [7, 11) is 0. The van der Waals surface area contributed by atoms with E-state index >= 15 is 0 Å². The van der Waals surface area contributed by atoms with Crippen LogP contribution in [0.5, 0.6) is 5.75 Å². The number of aliphatic hydroxyl groups is 1. The van der Waals surface area contributed by atoms with Crippen LogP contribution in [0.2, 0.25) is 0 Å². The number of aryl methyl sites for hydroxylation is 1. The van der Waals surface area contributed by atoms with Crippen LogP contribution in [0.15, 0.2) is 24.3 Å². The van der Waals surface area contributed by atoms with Gasteiger partial charge in [0.2, 0.25) is 0 Å². The molecule has 0 amide bonds. The predicted octanol–water partition coefficient (Wildman–Crippen LogP) is 3.16. The normalized spacial score (nSPS) is 14.0. The summed E-state index contributed by atoms with van der Waals surface area (Å²) in [5, 5.41) is 13.4. The molecule has 0 aliphatic rings. The molecule has 0 heterocycles. The Morgan fingerprint density at radius 1 is 1.25 bits per heavy atom. The minimum absolute atomic E-state index is 0.336. The third-order valence-corrected chi connectivity index (χ3v) is 3.52. The smallest absolute Gasteiger partial charge is 0.119 e. The lowest BCUT2D eigenvalue weighted by Gasteiger charge is -2.19. The average molecular weight is 279 g/mol. The molecule has 0 aromatic heterocycles. The van der Waals surface area contributed by atoms with Crippen molar-refractivity contribution in [3.63, 3.8) is 0 Å².